The highest BCUT2D eigenvalue weighted by molar-refractivity contribution is 6.08. The standard InChI is InChI=1S/C22H22F3N5O5/c23-22(24,25)14-11-13(27-18(32)16-5-4-10-35-16)6-7-15(14)26-12-17(31)29-30-19(33)21(28-20(30)34)8-2-1-3-9-21/h4-7,10-11,26H,1-3,8-9,12H2,(H,27,32)(H,28,34)(H,29,31). The largest absolute Gasteiger partial charge is 0.459 e. The molecule has 2 aliphatic rings. The first-order valence-corrected chi connectivity index (χ1v) is 10.9. The number of carbonyl (C=O) groups is 4. The fraction of sp³-hybridized carbons (Fsp3) is 0.364. The molecule has 1 aromatic carbocycles. The van der Waals surface area contributed by atoms with Gasteiger partial charge in [-0.05, 0) is 43.2 Å². The van der Waals surface area contributed by atoms with Crippen LogP contribution in [0.3, 0.4) is 0 Å². The van der Waals surface area contributed by atoms with Crippen molar-refractivity contribution in [2.45, 2.75) is 43.8 Å². The lowest BCUT2D eigenvalue weighted by Gasteiger charge is -2.30. The topological polar surface area (TPSA) is 133 Å². The molecule has 1 aliphatic heterocycles. The van der Waals surface area contributed by atoms with Gasteiger partial charge in [0, 0.05) is 11.4 Å². The van der Waals surface area contributed by atoms with Gasteiger partial charge in [-0.2, -0.15) is 18.2 Å². The van der Waals surface area contributed by atoms with Gasteiger partial charge < -0.3 is 20.4 Å². The number of hydrogen-bond donors (Lipinski definition) is 4. The summed E-state index contributed by atoms with van der Waals surface area (Å²) in [4.78, 5) is 49.3. The lowest BCUT2D eigenvalue weighted by molar-refractivity contribution is -0.139. The fourth-order valence-corrected chi connectivity index (χ4v) is 4.17. The summed E-state index contributed by atoms with van der Waals surface area (Å²) >= 11 is 0. The van der Waals surface area contributed by atoms with E-state index in [1.807, 2.05) is 0 Å². The second-order valence-corrected chi connectivity index (χ2v) is 8.29. The highest BCUT2D eigenvalue weighted by atomic mass is 19.4. The maximum Gasteiger partial charge on any atom is 0.418 e. The second kappa shape index (κ2) is 9.31. The van der Waals surface area contributed by atoms with Crippen molar-refractivity contribution in [3.63, 3.8) is 0 Å². The molecular weight excluding hydrogens is 471 g/mol. The van der Waals surface area contributed by atoms with Crippen LogP contribution in [0, 0.1) is 0 Å². The number of hydrazine groups is 1. The van der Waals surface area contributed by atoms with Crippen LogP contribution in [0.15, 0.2) is 41.0 Å². The Morgan fingerprint density at radius 2 is 1.86 bits per heavy atom. The zero-order valence-corrected chi connectivity index (χ0v) is 18.3. The van der Waals surface area contributed by atoms with Crippen molar-refractivity contribution in [2.75, 3.05) is 17.2 Å². The number of imide groups is 1. The first-order chi connectivity index (χ1) is 16.6. The van der Waals surface area contributed by atoms with Gasteiger partial charge in [0.2, 0.25) is 0 Å². The van der Waals surface area contributed by atoms with Crippen LogP contribution >= 0.6 is 0 Å². The number of nitrogens with zero attached hydrogens (tertiary/aromatic N) is 1. The Bertz CT molecular complexity index is 1140. The average molecular weight is 493 g/mol. The van der Waals surface area contributed by atoms with Crippen LogP contribution in [-0.4, -0.2) is 40.8 Å². The number of urea groups is 1. The number of hydrogen-bond acceptors (Lipinski definition) is 6. The van der Waals surface area contributed by atoms with Crippen LogP contribution in [0.4, 0.5) is 29.3 Å². The number of rotatable bonds is 6. The number of anilines is 2. The van der Waals surface area contributed by atoms with Gasteiger partial charge in [0.1, 0.15) is 5.54 Å². The lowest BCUT2D eigenvalue weighted by atomic mass is 9.82. The summed E-state index contributed by atoms with van der Waals surface area (Å²) in [6.07, 6.45) is -0.181. The quantitative estimate of drug-likeness (QED) is 0.457. The van der Waals surface area contributed by atoms with Crippen LogP contribution in [-0.2, 0) is 15.8 Å². The van der Waals surface area contributed by atoms with Crippen molar-refractivity contribution in [1.29, 1.82) is 0 Å². The van der Waals surface area contributed by atoms with Crippen molar-refractivity contribution >= 4 is 35.1 Å². The SMILES string of the molecule is O=C(CNc1ccc(NC(=O)c2ccco2)cc1C(F)(F)F)NN1C(=O)NC2(CCCCC2)C1=O. The summed E-state index contributed by atoms with van der Waals surface area (Å²) in [6.45, 7) is -0.648. The second-order valence-electron chi connectivity index (χ2n) is 8.29. The maximum atomic E-state index is 13.6. The van der Waals surface area contributed by atoms with Crippen molar-refractivity contribution < 1.29 is 36.8 Å². The van der Waals surface area contributed by atoms with Gasteiger partial charge >= 0.3 is 12.2 Å². The van der Waals surface area contributed by atoms with Crippen LogP contribution in [0.5, 0.6) is 0 Å². The van der Waals surface area contributed by atoms with Gasteiger partial charge in [-0.1, -0.05) is 19.3 Å². The van der Waals surface area contributed by atoms with Crippen molar-refractivity contribution in [2.24, 2.45) is 0 Å². The highest BCUT2D eigenvalue weighted by Gasteiger charge is 2.52. The van der Waals surface area contributed by atoms with Crippen molar-refractivity contribution in [3.05, 3.63) is 47.9 Å². The molecule has 0 bridgehead atoms. The molecule has 1 aliphatic carbocycles. The number of amides is 5. The van der Waals surface area contributed by atoms with Crippen LogP contribution < -0.4 is 21.4 Å². The molecular formula is C22H22F3N5O5. The average Bonchev–Trinajstić information content (AvgIpc) is 3.42. The third-order valence-electron chi connectivity index (χ3n) is 5.87. The summed E-state index contributed by atoms with van der Waals surface area (Å²) in [6, 6.07) is 5.03. The lowest BCUT2D eigenvalue weighted by Crippen LogP contribution is -2.51. The van der Waals surface area contributed by atoms with E-state index >= 15 is 0 Å². The monoisotopic (exact) mass is 493 g/mol. The molecule has 13 heteroatoms. The van der Waals surface area contributed by atoms with Crippen LogP contribution in [0.2, 0.25) is 0 Å². The van der Waals surface area contributed by atoms with E-state index in [9.17, 15) is 32.3 Å². The van der Waals surface area contributed by atoms with E-state index in [1.165, 1.54) is 24.5 Å². The summed E-state index contributed by atoms with van der Waals surface area (Å²) in [7, 11) is 0. The third kappa shape index (κ3) is 5.08. The van der Waals surface area contributed by atoms with E-state index in [1.54, 1.807) is 0 Å². The summed E-state index contributed by atoms with van der Waals surface area (Å²) in [5, 5.41) is 7.87. The Kier molecular flexibility index (Phi) is 6.41. The van der Waals surface area contributed by atoms with Crippen molar-refractivity contribution in [1.82, 2.24) is 15.8 Å². The van der Waals surface area contributed by atoms with Crippen molar-refractivity contribution in [3.8, 4) is 0 Å². The van der Waals surface area contributed by atoms with E-state index in [0.29, 0.717) is 23.9 Å². The molecule has 0 radical (unpaired) electrons. The molecule has 2 aromatic rings. The van der Waals surface area contributed by atoms with Gasteiger partial charge in [-0.3, -0.25) is 19.8 Å². The molecule has 1 aromatic heterocycles. The van der Waals surface area contributed by atoms with Gasteiger partial charge in [-0.15, -0.1) is 0 Å². The molecule has 0 atom stereocenters. The zero-order chi connectivity index (χ0) is 25.2. The summed E-state index contributed by atoms with van der Waals surface area (Å²) < 4.78 is 45.8. The van der Waals surface area contributed by atoms with Gasteiger partial charge in [-0.25, -0.2) is 4.79 Å². The Morgan fingerprint density at radius 3 is 2.51 bits per heavy atom. The number of nitrogens with one attached hydrogen (secondary N) is 4. The van der Waals surface area contributed by atoms with Gasteiger partial charge in [0.15, 0.2) is 5.76 Å². The van der Waals surface area contributed by atoms with E-state index < -0.39 is 53.3 Å². The fourth-order valence-electron chi connectivity index (χ4n) is 4.17. The van der Waals surface area contributed by atoms with Crippen LogP contribution in [0.25, 0.3) is 0 Å². The minimum absolute atomic E-state index is 0.0760. The predicted octanol–water partition coefficient (Wildman–Crippen LogP) is 3.25. The van der Waals surface area contributed by atoms with E-state index in [-0.39, 0.29) is 11.4 Å². The zero-order valence-electron chi connectivity index (χ0n) is 18.3. The number of halogens is 3. The van der Waals surface area contributed by atoms with Crippen LogP contribution in [0.1, 0.15) is 48.2 Å². The minimum atomic E-state index is -4.80. The molecule has 1 spiro atoms. The number of benzene rings is 1. The molecule has 186 valence electrons. The van der Waals surface area contributed by atoms with E-state index in [2.05, 4.69) is 21.4 Å². The van der Waals surface area contributed by atoms with Gasteiger partial charge in [0.05, 0.1) is 18.4 Å². The molecule has 2 heterocycles. The van der Waals surface area contributed by atoms with E-state index in [4.69, 9.17) is 4.42 Å². The third-order valence-corrected chi connectivity index (χ3v) is 5.87. The molecule has 5 amide bonds. The number of furan rings is 1. The Morgan fingerprint density at radius 1 is 1.11 bits per heavy atom. The normalized spacial score (nSPS) is 17.3. The Balaban J connectivity index is 1.41. The molecule has 4 N–H and O–H groups in total. The summed E-state index contributed by atoms with van der Waals surface area (Å²) in [5.74, 6) is -2.27. The molecule has 0 unspecified atom stereocenters. The molecule has 10 nitrogen and oxygen atoms in total. The molecule has 35 heavy (non-hydrogen) atoms. The maximum absolute atomic E-state index is 13.6. The number of carbonyl (C=O) groups excluding carboxylic acids is 4. The van der Waals surface area contributed by atoms with E-state index in [0.717, 1.165) is 25.3 Å². The summed E-state index contributed by atoms with van der Waals surface area (Å²) in [5.41, 5.74) is -0.579. The first kappa shape index (κ1) is 24.1. The highest BCUT2D eigenvalue weighted by Crippen LogP contribution is 2.37. The molecule has 1 saturated carbocycles. The molecule has 1 saturated heterocycles. The first-order valence-electron chi connectivity index (χ1n) is 10.9. The predicted molar refractivity (Wildman–Crippen MR) is 116 cm³/mol. The minimum Gasteiger partial charge on any atom is -0.459 e. The Hall–Kier alpha value is -4.03. The Labute approximate surface area is 197 Å². The molecule has 4 rings (SSSR count). The number of alkyl halides is 3. The molecule has 2 fully saturated rings. The smallest absolute Gasteiger partial charge is 0.418 e. The van der Waals surface area contributed by atoms with Gasteiger partial charge in [0.25, 0.3) is 17.7 Å².